The molecule has 3 heteroatoms. The van der Waals surface area contributed by atoms with Gasteiger partial charge in [0.05, 0.1) is 0 Å². The monoisotopic (exact) mass is 687 g/mol. The number of nitrogens with zero attached hydrogens (tertiary/aromatic N) is 2. The first-order valence-electron chi connectivity index (χ1n) is 13.2. The third-order valence-electron chi connectivity index (χ3n) is 8.17. The summed E-state index contributed by atoms with van der Waals surface area (Å²) < 4.78 is 0. The van der Waals surface area contributed by atoms with Crippen LogP contribution in [0.1, 0.15) is 49.9 Å². The SMILES string of the molecule is CC1(C)c2c[c-]c(-c3ccccn3)cc2-c2ccccc2C1(C)C.Cc1c[c-]c(-c2ccc(C)cn2)cc1.[Ir]. The number of hydrogen-bond donors (Lipinski definition) is 0. The van der Waals surface area contributed by atoms with E-state index in [1.54, 1.807) is 0 Å². The number of fused-ring (bicyclic) bond motifs is 3. The molecular formula is C36H34IrN2-2. The first-order valence-corrected chi connectivity index (χ1v) is 13.2. The first kappa shape index (κ1) is 28.6. The smallest absolute Gasteiger partial charge is 0.0190 e. The van der Waals surface area contributed by atoms with E-state index in [0.29, 0.717) is 0 Å². The van der Waals surface area contributed by atoms with Crippen LogP contribution in [0.15, 0.2) is 97.3 Å². The molecule has 0 spiro atoms. The van der Waals surface area contributed by atoms with E-state index in [2.05, 4.69) is 105 Å². The molecule has 0 N–H and O–H groups in total. The summed E-state index contributed by atoms with van der Waals surface area (Å²) in [5.74, 6) is 0. The fourth-order valence-electron chi connectivity index (χ4n) is 5.13. The van der Waals surface area contributed by atoms with Crippen molar-refractivity contribution in [2.75, 3.05) is 0 Å². The van der Waals surface area contributed by atoms with Crippen LogP contribution in [0.5, 0.6) is 0 Å². The van der Waals surface area contributed by atoms with Gasteiger partial charge in [-0.1, -0.05) is 88.7 Å². The standard InChI is InChI=1S/C23H22N.C13H12N.Ir/c1-22(2)19-10-6-5-9-17(19)18-15-16(21-11-7-8-14-24-21)12-13-20(18)23(22,3)4;1-10-3-6-12(7-4-10)13-8-5-11(2)9-14-13;/h5-11,13-15H,1-4H3;3-6,8-9H,1-2H3;/q2*-1;. The van der Waals surface area contributed by atoms with E-state index in [4.69, 9.17) is 0 Å². The van der Waals surface area contributed by atoms with Crippen LogP contribution in [0.4, 0.5) is 0 Å². The van der Waals surface area contributed by atoms with Gasteiger partial charge in [-0.05, 0) is 51.9 Å². The molecular weight excluding hydrogens is 653 g/mol. The number of benzene rings is 3. The summed E-state index contributed by atoms with van der Waals surface area (Å²) in [6, 6.07) is 36.1. The summed E-state index contributed by atoms with van der Waals surface area (Å²) in [7, 11) is 0. The van der Waals surface area contributed by atoms with Crippen LogP contribution in [0.25, 0.3) is 33.6 Å². The average Bonchev–Trinajstić information content (AvgIpc) is 2.94. The number of aryl methyl sites for hydroxylation is 2. The van der Waals surface area contributed by atoms with Crippen molar-refractivity contribution in [3.63, 3.8) is 0 Å². The van der Waals surface area contributed by atoms with Crippen LogP contribution in [0.3, 0.4) is 0 Å². The van der Waals surface area contributed by atoms with Gasteiger partial charge in [-0.25, -0.2) is 0 Å². The van der Waals surface area contributed by atoms with Crippen molar-refractivity contribution in [1.82, 2.24) is 9.97 Å². The van der Waals surface area contributed by atoms with Crippen molar-refractivity contribution in [3.8, 4) is 33.6 Å². The van der Waals surface area contributed by atoms with Gasteiger partial charge >= 0.3 is 0 Å². The molecule has 2 aromatic heterocycles. The molecule has 0 amide bonds. The molecule has 1 aliphatic rings. The summed E-state index contributed by atoms with van der Waals surface area (Å²) in [4.78, 5) is 8.83. The summed E-state index contributed by atoms with van der Waals surface area (Å²) >= 11 is 0. The largest absolute Gasteiger partial charge is 0.305 e. The van der Waals surface area contributed by atoms with Gasteiger partial charge in [0.25, 0.3) is 0 Å². The third kappa shape index (κ3) is 5.53. The van der Waals surface area contributed by atoms with Crippen molar-refractivity contribution >= 4 is 0 Å². The molecule has 0 atom stereocenters. The Hall–Kier alpha value is -3.39. The van der Waals surface area contributed by atoms with Crippen LogP contribution in [-0.4, -0.2) is 9.97 Å². The summed E-state index contributed by atoms with van der Waals surface area (Å²) in [5, 5.41) is 0. The van der Waals surface area contributed by atoms with E-state index in [9.17, 15) is 0 Å². The zero-order valence-corrected chi connectivity index (χ0v) is 25.9. The zero-order chi connectivity index (χ0) is 26.9. The number of hydrogen-bond acceptors (Lipinski definition) is 2. The third-order valence-corrected chi connectivity index (χ3v) is 8.17. The molecule has 199 valence electrons. The molecule has 6 rings (SSSR count). The van der Waals surface area contributed by atoms with Gasteiger partial charge in [0.15, 0.2) is 0 Å². The Kier molecular flexibility index (Phi) is 8.35. The quantitative estimate of drug-likeness (QED) is 0.173. The molecule has 1 aliphatic carbocycles. The minimum absolute atomic E-state index is 0. The Labute approximate surface area is 246 Å². The van der Waals surface area contributed by atoms with Crippen LogP contribution >= 0.6 is 0 Å². The van der Waals surface area contributed by atoms with Gasteiger partial charge in [0, 0.05) is 32.5 Å². The second kappa shape index (κ2) is 11.4. The Morgan fingerprint density at radius 1 is 0.590 bits per heavy atom. The van der Waals surface area contributed by atoms with E-state index in [1.165, 1.54) is 33.4 Å². The topological polar surface area (TPSA) is 25.8 Å². The maximum absolute atomic E-state index is 4.49. The molecule has 0 aliphatic heterocycles. The predicted molar refractivity (Wildman–Crippen MR) is 158 cm³/mol. The minimum atomic E-state index is 0. The Bertz CT molecular complexity index is 1510. The summed E-state index contributed by atoms with van der Waals surface area (Å²) in [6.07, 6.45) is 3.71. The second-order valence-corrected chi connectivity index (χ2v) is 11.2. The van der Waals surface area contributed by atoms with E-state index < -0.39 is 0 Å². The van der Waals surface area contributed by atoms with Crippen molar-refractivity contribution < 1.29 is 20.1 Å². The number of rotatable bonds is 2. The number of pyridine rings is 2. The average molecular weight is 687 g/mol. The predicted octanol–water partition coefficient (Wildman–Crippen LogP) is 8.95. The molecule has 2 nitrogen and oxygen atoms in total. The van der Waals surface area contributed by atoms with Gasteiger partial charge in [-0.2, -0.15) is 0 Å². The second-order valence-electron chi connectivity index (χ2n) is 11.2. The Morgan fingerprint density at radius 3 is 1.92 bits per heavy atom. The molecule has 5 aromatic rings. The van der Waals surface area contributed by atoms with E-state index in [0.717, 1.165) is 22.5 Å². The van der Waals surface area contributed by atoms with E-state index in [-0.39, 0.29) is 30.9 Å². The zero-order valence-electron chi connectivity index (χ0n) is 23.5. The van der Waals surface area contributed by atoms with E-state index in [1.807, 2.05) is 55.7 Å². The van der Waals surface area contributed by atoms with Crippen LogP contribution in [-0.2, 0) is 30.9 Å². The van der Waals surface area contributed by atoms with Crippen molar-refractivity contribution in [2.45, 2.75) is 52.4 Å². The Balaban J connectivity index is 0.000000202. The normalized spacial score (nSPS) is 14.1. The molecule has 0 bridgehead atoms. The maximum atomic E-state index is 4.49. The fraction of sp³-hybridized carbons (Fsp3) is 0.222. The Morgan fingerprint density at radius 2 is 1.26 bits per heavy atom. The van der Waals surface area contributed by atoms with Crippen molar-refractivity contribution in [1.29, 1.82) is 0 Å². The molecule has 1 radical (unpaired) electrons. The van der Waals surface area contributed by atoms with E-state index >= 15 is 0 Å². The molecule has 0 unspecified atom stereocenters. The van der Waals surface area contributed by atoms with Crippen LogP contribution in [0, 0.1) is 26.0 Å². The van der Waals surface area contributed by atoms with Gasteiger partial charge in [0.2, 0.25) is 0 Å². The van der Waals surface area contributed by atoms with Crippen molar-refractivity contribution in [2.24, 2.45) is 0 Å². The van der Waals surface area contributed by atoms with Crippen molar-refractivity contribution in [3.05, 3.63) is 132 Å². The van der Waals surface area contributed by atoms with Gasteiger partial charge in [-0.15, -0.1) is 64.7 Å². The van der Waals surface area contributed by atoms with Gasteiger partial charge in [0.1, 0.15) is 0 Å². The summed E-state index contributed by atoms with van der Waals surface area (Å²) in [6.45, 7) is 13.5. The molecule has 0 saturated heterocycles. The molecule has 2 heterocycles. The van der Waals surface area contributed by atoms with Gasteiger partial charge in [-0.3, -0.25) is 0 Å². The molecule has 39 heavy (non-hydrogen) atoms. The molecule has 0 fully saturated rings. The first-order chi connectivity index (χ1) is 18.2. The minimum Gasteiger partial charge on any atom is -0.305 e. The fourth-order valence-corrected chi connectivity index (χ4v) is 5.13. The maximum Gasteiger partial charge on any atom is 0.0190 e. The molecule has 0 saturated carbocycles. The molecule has 3 aromatic carbocycles. The van der Waals surface area contributed by atoms with Crippen LogP contribution in [0.2, 0.25) is 0 Å². The number of aromatic nitrogens is 2. The van der Waals surface area contributed by atoms with Crippen LogP contribution < -0.4 is 0 Å². The summed E-state index contributed by atoms with van der Waals surface area (Å²) in [5.41, 5.74) is 12.0. The van der Waals surface area contributed by atoms with Gasteiger partial charge < -0.3 is 9.97 Å².